The van der Waals surface area contributed by atoms with Gasteiger partial charge in [0.2, 0.25) is 5.95 Å². The van der Waals surface area contributed by atoms with Gasteiger partial charge in [0.25, 0.3) is 0 Å². The van der Waals surface area contributed by atoms with E-state index < -0.39 is 5.82 Å². The fourth-order valence-electron chi connectivity index (χ4n) is 2.24. The number of nitrogens with zero attached hydrogens (tertiary/aromatic N) is 3. The van der Waals surface area contributed by atoms with Crippen LogP contribution in [0.2, 0.25) is 5.02 Å². The van der Waals surface area contributed by atoms with Gasteiger partial charge in [-0.1, -0.05) is 11.6 Å². The number of benzene rings is 1. The van der Waals surface area contributed by atoms with Gasteiger partial charge in [0, 0.05) is 30.5 Å². The van der Waals surface area contributed by atoms with Gasteiger partial charge in [-0.15, -0.1) is 0 Å². The van der Waals surface area contributed by atoms with Crippen LogP contribution in [0, 0.1) is 12.7 Å². The average molecular weight is 323 g/mol. The number of aromatic nitrogens is 2. The van der Waals surface area contributed by atoms with E-state index in [4.69, 9.17) is 16.3 Å². The van der Waals surface area contributed by atoms with Crippen molar-refractivity contribution in [2.45, 2.75) is 6.92 Å². The molecule has 0 atom stereocenters. The monoisotopic (exact) mass is 322 g/mol. The molecule has 0 saturated carbocycles. The summed E-state index contributed by atoms with van der Waals surface area (Å²) in [5.41, 5.74) is 1.53. The second kappa shape index (κ2) is 6.46. The minimum atomic E-state index is -0.444. The molecule has 1 aliphatic rings. The zero-order valence-electron chi connectivity index (χ0n) is 12.1. The first-order valence-electron chi connectivity index (χ1n) is 7.02. The first kappa shape index (κ1) is 15.0. The van der Waals surface area contributed by atoms with Gasteiger partial charge in [0.05, 0.1) is 18.2 Å². The summed E-state index contributed by atoms with van der Waals surface area (Å²) in [6.45, 7) is 4.80. The van der Waals surface area contributed by atoms with Gasteiger partial charge in [-0.25, -0.2) is 9.37 Å². The van der Waals surface area contributed by atoms with Crippen LogP contribution in [-0.2, 0) is 4.74 Å². The van der Waals surface area contributed by atoms with Gasteiger partial charge in [-0.2, -0.15) is 4.98 Å². The van der Waals surface area contributed by atoms with E-state index >= 15 is 0 Å². The Hall–Kier alpha value is -1.92. The standard InChI is InChI=1S/C15H16ClFN4O/c1-10-8-14(19-11-2-3-13(17)12(16)9-11)20-15(18-10)21-4-6-22-7-5-21/h2-3,8-9H,4-7H2,1H3,(H,18,19,20). The van der Waals surface area contributed by atoms with Gasteiger partial charge in [-0.3, -0.25) is 0 Å². The zero-order valence-corrected chi connectivity index (χ0v) is 12.9. The largest absolute Gasteiger partial charge is 0.378 e. The fraction of sp³-hybridized carbons (Fsp3) is 0.333. The van der Waals surface area contributed by atoms with Crippen molar-refractivity contribution in [2.24, 2.45) is 0 Å². The summed E-state index contributed by atoms with van der Waals surface area (Å²) in [5.74, 6) is 0.871. The summed E-state index contributed by atoms with van der Waals surface area (Å²) in [6.07, 6.45) is 0. The molecule has 0 aliphatic carbocycles. The number of morpholine rings is 1. The Balaban J connectivity index is 1.83. The highest BCUT2D eigenvalue weighted by atomic mass is 35.5. The van der Waals surface area contributed by atoms with Crippen LogP contribution in [0.15, 0.2) is 24.3 Å². The lowest BCUT2D eigenvalue weighted by molar-refractivity contribution is 0.122. The van der Waals surface area contributed by atoms with E-state index in [0.717, 1.165) is 18.8 Å². The fourth-order valence-corrected chi connectivity index (χ4v) is 2.42. The Morgan fingerprint density at radius 2 is 2.00 bits per heavy atom. The molecule has 7 heteroatoms. The molecule has 0 unspecified atom stereocenters. The van der Waals surface area contributed by atoms with Crippen molar-refractivity contribution in [3.8, 4) is 0 Å². The van der Waals surface area contributed by atoms with Crippen molar-refractivity contribution in [3.05, 3.63) is 40.8 Å². The molecule has 1 saturated heterocycles. The first-order chi connectivity index (χ1) is 10.6. The Labute approximate surface area is 133 Å². The normalized spacial score (nSPS) is 15.0. The topological polar surface area (TPSA) is 50.3 Å². The van der Waals surface area contributed by atoms with Crippen molar-refractivity contribution in [1.82, 2.24) is 9.97 Å². The number of hydrogen-bond donors (Lipinski definition) is 1. The molecule has 2 heterocycles. The molecule has 0 radical (unpaired) electrons. The van der Waals surface area contributed by atoms with Crippen molar-refractivity contribution < 1.29 is 9.13 Å². The highest BCUT2D eigenvalue weighted by molar-refractivity contribution is 6.31. The Morgan fingerprint density at radius 1 is 1.23 bits per heavy atom. The van der Waals surface area contributed by atoms with Gasteiger partial charge in [0.1, 0.15) is 11.6 Å². The maximum Gasteiger partial charge on any atom is 0.227 e. The van der Waals surface area contributed by atoms with Crippen LogP contribution in [0.5, 0.6) is 0 Å². The van der Waals surface area contributed by atoms with E-state index in [1.165, 1.54) is 12.1 Å². The number of ether oxygens (including phenoxy) is 1. The molecule has 1 aromatic heterocycles. The SMILES string of the molecule is Cc1cc(Nc2ccc(F)c(Cl)c2)nc(N2CCOCC2)n1. The lowest BCUT2D eigenvalue weighted by atomic mass is 10.3. The maximum absolute atomic E-state index is 13.2. The predicted octanol–water partition coefficient (Wildman–Crippen LogP) is 3.16. The minimum absolute atomic E-state index is 0.0733. The van der Waals surface area contributed by atoms with E-state index in [-0.39, 0.29) is 5.02 Å². The summed E-state index contributed by atoms with van der Waals surface area (Å²) in [4.78, 5) is 11.1. The molecule has 2 aromatic rings. The maximum atomic E-state index is 13.2. The van der Waals surface area contributed by atoms with Crippen LogP contribution in [0.1, 0.15) is 5.69 Å². The Morgan fingerprint density at radius 3 is 2.73 bits per heavy atom. The number of halogens is 2. The van der Waals surface area contributed by atoms with Crippen molar-refractivity contribution in [3.63, 3.8) is 0 Å². The predicted molar refractivity (Wildman–Crippen MR) is 84.5 cm³/mol. The van der Waals surface area contributed by atoms with Crippen molar-refractivity contribution in [1.29, 1.82) is 0 Å². The molecule has 3 rings (SSSR count). The summed E-state index contributed by atoms with van der Waals surface area (Å²) in [6, 6.07) is 6.30. The molecule has 5 nitrogen and oxygen atoms in total. The van der Waals surface area contributed by atoms with Crippen molar-refractivity contribution in [2.75, 3.05) is 36.5 Å². The van der Waals surface area contributed by atoms with Crippen LogP contribution in [0.25, 0.3) is 0 Å². The third-order valence-corrected chi connectivity index (χ3v) is 3.62. The smallest absolute Gasteiger partial charge is 0.227 e. The van der Waals surface area contributed by atoms with E-state index in [1.807, 2.05) is 13.0 Å². The number of rotatable bonds is 3. The van der Waals surface area contributed by atoms with Gasteiger partial charge in [-0.05, 0) is 25.1 Å². The Bertz CT molecular complexity index is 677. The summed E-state index contributed by atoms with van der Waals surface area (Å²) < 4.78 is 18.5. The second-order valence-electron chi connectivity index (χ2n) is 5.05. The van der Waals surface area contributed by atoms with E-state index in [9.17, 15) is 4.39 Å². The van der Waals surface area contributed by atoms with Crippen LogP contribution in [0.4, 0.5) is 21.8 Å². The second-order valence-corrected chi connectivity index (χ2v) is 5.46. The molecule has 0 spiro atoms. The summed E-state index contributed by atoms with van der Waals surface area (Å²) in [5, 5.41) is 3.21. The molecule has 1 fully saturated rings. The zero-order chi connectivity index (χ0) is 15.5. The van der Waals surface area contributed by atoms with E-state index in [0.29, 0.717) is 30.7 Å². The third-order valence-electron chi connectivity index (χ3n) is 3.33. The summed E-state index contributed by atoms with van der Waals surface area (Å²) in [7, 11) is 0. The molecule has 22 heavy (non-hydrogen) atoms. The van der Waals surface area contributed by atoms with E-state index in [1.54, 1.807) is 6.07 Å². The van der Waals surface area contributed by atoms with Gasteiger partial charge >= 0.3 is 0 Å². The van der Waals surface area contributed by atoms with E-state index in [2.05, 4.69) is 20.2 Å². The number of aryl methyl sites for hydroxylation is 1. The molecule has 116 valence electrons. The molecular formula is C15H16ClFN4O. The molecule has 1 N–H and O–H groups in total. The van der Waals surface area contributed by atoms with Gasteiger partial charge in [0.15, 0.2) is 0 Å². The Kier molecular flexibility index (Phi) is 4.40. The highest BCUT2D eigenvalue weighted by Gasteiger charge is 2.15. The number of nitrogens with one attached hydrogen (secondary N) is 1. The van der Waals surface area contributed by atoms with Crippen LogP contribution < -0.4 is 10.2 Å². The molecule has 0 bridgehead atoms. The van der Waals surface area contributed by atoms with Gasteiger partial charge < -0.3 is 15.0 Å². The van der Waals surface area contributed by atoms with Crippen molar-refractivity contribution >= 4 is 29.1 Å². The molecule has 0 amide bonds. The molecule has 1 aromatic carbocycles. The molecule has 1 aliphatic heterocycles. The van der Waals surface area contributed by atoms with Crippen LogP contribution >= 0.6 is 11.6 Å². The third kappa shape index (κ3) is 3.45. The highest BCUT2D eigenvalue weighted by Crippen LogP contribution is 2.23. The molecular weight excluding hydrogens is 307 g/mol. The average Bonchev–Trinajstić information content (AvgIpc) is 2.51. The minimum Gasteiger partial charge on any atom is -0.378 e. The first-order valence-corrected chi connectivity index (χ1v) is 7.40. The summed E-state index contributed by atoms with van der Waals surface area (Å²) >= 11 is 5.79. The number of hydrogen-bond acceptors (Lipinski definition) is 5. The lowest BCUT2D eigenvalue weighted by Crippen LogP contribution is -2.37. The number of anilines is 3. The van der Waals surface area contributed by atoms with Crippen LogP contribution in [-0.4, -0.2) is 36.3 Å². The lowest BCUT2D eigenvalue weighted by Gasteiger charge is -2.27. The van der Waals surface area contributed by atoms with Crippen LogP contribution in [0.3, 0.4) is 0 Å². The quantitative estimate of drug-likeness (QED) is 0.940.